The van der Waals surface area contributed by atoms with Gasteiger partial charge in [0.05, 0.1) is 10.2 Å². The summed E-state index contributed by atoms with van der Waals surface area (Å²) in [4.78, 5) is 22.3. The van der Waals surface area contributed by atoms with Gasteiger partial charge in [-0.25, -0.2) is 4.98 Å². The fourth-order valence-electron chi connectivity index (χ4n) is 3.48. The molecule has 0 aliphatic heterocycles. The van der Waals surface area contributed by atoms with Gasteiger partial charge in [0, 0.05) is 18.5 Å². The Morgan fingerprint density at radius 3 is 2.59 bits per heavy atom. The van der Waals surface area contributed by atoms with Crippen molar-refractivity contribution in [2.24, 2.45) is 0 Å². The van der Waals surface area contributed by atoms with E-state index >= 15 is 0 Å². The fraction of sp³-hybridized carbons (Fsp3) is 0.304. The van der Waals surface area contributed by atoms with Crippen molar-refractivity contribution in [2.75, 3.05) is 31.1 Å². The summed E-state index contributed by atoms with van der Waals surface area (Å²) in [6, 6.07) is 15.6. The lowest BCUT2D eigenvalue weighted by Gasteiger charge is -2.24. The Hall–Kier alpha value is -2.70. The van der Waals surface area contributed by atoms with Crippen LogP contribution in [0.4, 0.5) is 5.13 Å². The minimum Gasteiger partial charge on any atom is -0.451 e. The van der Waals surface area contributed by atoms with Crippen molar-refractivity contribution in [2.45, 2.75) is 20.8 Å². The van der Waals surface area contributed by atoms with Crippen LogP contribution in [-0.4, -0.2) is 42.0 Å². The Kier molecular flexibility index (Phi) is 5.65. The number of hydrogen-bond donors (Lipinski definition) is 0. The Labute approximate surface area is 174 Å². The van der Waals surface area contributed by atoms with E-state index in [1.54, 1.807) is 16.2 Å². The Bertz CT molecular complexity index is 1110. The zero-order valence-corrected chi connectivity index (χ0v) is 17.8. The zero-order chi connectivity index (χ0) is 20.4. The van der Waals surface area contributed by atoms with E-state index in [4.69, 9.17) is 9.40 Å². The second kappa shape index (κ2) is 8.35. The monoisotopic (exact) mass is 407 g/mol. The van der Waals surface area contributed by atoms with Gasteiger partial charge in [0.2, 0.25) is 0 Å². The maximum absolute atomic E-state index is 13.4. The summed E-state index contributed by atoms with van der Waals surface area (Å²) in [5.74, 6) is 0.201. The van der Waals surface area contributed by atoms with Gasteiger partial charge >= 0.3 is 0 Å². The highest BCUT2D eigenvalue weighted by molar-refractivity contribution is 7.22. The third kappa shape index (κ3) is 3.91. The van der Waals surface area contributed by atoms with Crippen molar-refractivity contribution >= 4 is 43.6 Å². The first kappa shape index (κ1) is 19.6. The summed E-state index contributed by atoms with van der Waals surface area (Å²) in [7, 11) is 0. The number of nitrogens with zero attached hydrogens (tertiary/aromatic N) is 3. The van der Waals surface area contributed by atoms with E-state index in [1.807, 2.05) is 49.4 Å². The van der Waals surface area contributed by atoms with E-state index in [1.165, 1.54) is 0 Å². The van der Waals surface area contributed by atoms with E-state index in [-0.39, 0.29) is 5.91 Å². The summed E-state index contributed by atoms with van der Waals surface area (Å²) in [5, 5.41) is 1.64. The van der Waals surface area contributed by atoms with Crippen LogP contribution in [0, 0.1) is 6.92 Å². The highest BCUT2D eigenvalue weighted by atomic mass is 32.1. The number of furan rings is 1. The van der Waals surface area contributed by atoms with Crippen molar-refractivity contribution in [1.82, 2.24) is 9.88 Å². The van der Waals surface area contributed by atoms with Crippen molar-refractivity contribution < 1.29 is 9.21 Å². The number of carbonyl (C=O) groups is 1. The van der Waals surface area contributed by atoms with Crippen molar-refractivity contribution in [1.29, 1.82) is 0 Å². The number of benzene rings is 2. The lowest BCUT2D eigenvalue weighted by molar-refractivity contribution is 0.0959. The molecule has 150 valence electrons. The molecule has 0 aliphatic rings. The first-order chi connectivity index (χ1) is 14.1. The summed E-state index contributed by atoms with van der Waals surface area (Å²) in [5.41, 5.74) is 2.79. The van der Waals surface area contributed by atoms with Crippen LogP contribution in [0.3, 0.4) is 0 Å². The van der Waals surface area contributed by atoms with Crippen LogP contribution < -0.4 is 4.90 Å². The minimum atomic E-state index is -0.148. The van der Waals surface area contributed by atoms with Crippen LogP contribution in [0.15, 0.2) is 52.9 Å². The summed E-state index contributed by atoms with van der Waals surface area (Å²) in [6.45, 7) is 9.56. The molecule has 0 bridgehead atoms. The normalized spacial score (nSPS) is 11.6. The Morgan fingerprint density at radius 2 is 1.86 bits per heavy atom. The Morgan fingerprint density at radius 1 is 1.07 bits per heavy atom. The number of aryl methyl sites for hydroxylation is 1. The number of hydrogen-bond acceptors (Lipinski definition) is 5. The maximum Gasteiger partial charge on any atom is 0.295 e. The number of thiazole rings is 1. The molecule has 0 atom stereocenters. The number of anilines is 1. The molecule has 5 nitrogen and oxygen atoms in total. The van der Waals surface area contributed by atoms with Gasteiger partial charge in [-0.3, -0.25) is 9.69 Å². The van der Waals surface area contributed by atoms with Gasteiger partial charge < -0.3 is 9.32 Å². The average Bonchev–Trinajstić information content (AvgIpc) is 3.36. The van der Waals surface area contributed by atoms with Gasteiger partial charge in [-0.1, -0.05) is 55.5 Å². The summed E-state index contributed by atoms with van der Waals surface area (Å²) >= 11 is 1.55. The third-order valence-corrected chi connectivity index (χ3v) is 6.30. The smallest absolute Gasteiger partial charge is 0.295 e. The van der Waals surface area contributed by atoms with E-state index in [9.17, 15) is 4.79 Å². The molecule has 4 rings (SSSR count). The number of amides is 1. The van der Waals surface area contributed by atoms with Gasteiger partial charge in [0.15, 0.2) is 10.9 Å². The van der Waals surface area contributed by atoms with Crippen molar-refractivity contribution in [3.8, 4) is 0 Å². The quantitative estimate of drug-likeness (QED) is 0.415. The predicted octanol–water partition coefficient (Wildman–Crippen LogP) is 5.34. The van der Waals surface area contributed by atoms with Gasteiger partial charge in [-0.15, -0.1) is 0 Å². The molecule has 2 aromatic heterocycles. The molecule has 4 aromatic rings. The molecule has 0 aliphatic carbocycles. The van der Waals surface area contributed by atoms with Gasteiger partial charge in [-0.05, 0) is 43.8 Å². The molecule has 0 N–H and O–H groups in total. The van der Waals surface area contributed by atoms with Gasteiger partial charge in [-0.2, -0.15) is 0 Å². The van der Waals surface area contributed by atoms with Gasteiger partial charge in [0.25, 0.3) is 5.91 Å². The highest BCUT2D eigenvalue weighted by Gasteiger charge is 2.25. The SMILES string of the molecule is CCN(CC)CCN(C(=O)c1cc2ccccc2o1)c1nc2c(C)cccc2s1. The first-order valence-electron chi connectivity index (χ1n) is 9.99. The minimum absolute atomic E-state index is 0.148. The number of likely N-dealkylation sites (N-methyl/N-ethyl adjacent to an activating group) is 1. The number of aromatic nitrogens is 1. The van der Waals surface area contributed by atoms with E-state index in [0.717, 1.165) is 46.4 Å². The first-order valence-corrected chi connectivity index (χ1v) is 10.8. The van der Waals surface area contributed by atoms with Crippen LogP contribution in [-0.2, 0) is 0 Å². The van der Waals surface area contributed by atoms with E-state index in [2.05, 4.69) is 24.8 Å². The lowest BCUT2D eigenvalue weighted by Crippen LogP contribution is -2.38. The van der Waals surface area contributed by atoms with Crippen molar-refractivity contribution in [3.05, 3.63) is 59.9 Å². The largest absolute Gasteiger partial charge is 0.451 e. The summed E-state index contributed by atoms with van der Waals surface area (Å²) in [6.07, 6.45) is 0. The molecule has 2 aromatic carbocycles. The molecular weight excluding hydrogens is 382 g/mol. The second-order valence-corrected chi connectivity index (χ2v) is 8.06. The molecular formula is C23H25N3O2S. The molecule has 6 heteroatoms. The Balaban J connectivity index is 1.72. The molecule has 0 saturated heterocycles. The summed E-state index contributed by atoms with van der Waals surface area (Å²) < 4.78 is 6.95. The zero-order valence-electron chi connectivity index (χ0n) is 17.0. The molecule has 0 unspecified atom stereocenters. The predicted molar refractivity (Wildman–Crippen MR) is 120 cm³/mol. The maximum atomic E-state index is 13.4. The molecule has 0 radical (unpaired) electrons. The highest BCUT2D eigenvalue weighted by Crippen LogP contribution is 2.32. The van der Waals surface area contributed by atoms with E-state index in [0.29, 0.717) is 17.4 Å². The fourth-order valence-corrected chi connectivity index (χ4v) is 4.54. The third-order valence-electron chi connectivity index (χ3n) is 5.26. The van der Waals surface area contributed by atoms with Crippen LogP contribution in [0.5, 0.6) is 0 Å². The molecule has 29 heavy (non-hydrogen) atoms. The van der Waals surface area contributed by atoms with Crippen LogP contribution in [0.1, 0.15) is 30.0 Å². The number of carbonyl (C=O) groups excluding carboxylic acids is 1. The van der Waals surface area contributed by atoms with Crippen LogP contribution in [0.25, 0.3) is 21.2 Å². The number of rotatable bonds is 7. The molecule has 2 heterocycles. The number of fused-ring (bicyclic) bond motifs is 2. The van der Waals surface area contributed by atoms with Crippen molar-refractivity contribution in [3.63, 3.8) is 0 Å². The lowest BCUT2D eigenvalue weighted by atomic mass is 10.2. The number of para-hydroxylation sites is 2. The topological polar surface area (TPSA) is 49.6 Å². The molecule has 0 saturated carbocycles. The van der Waals surface area contributed by atoms with E-state index < -0.39 is 0 Å². The van der Waals surface area contributed by atoms with Crippen LogP contribution in [0.2, 0.25) is 0 Å². The average molecular weight is 408 g/mol. The molecule has 0 spiro atoms. The van der Waals surface area contributed by atoms with Gasteiger partial charge in [0.1, 0.15) is 5.58 Å². The van der Waals surface area contributed by atoms with Crippen LogP contribution >= 0.6 is 11.3 Å². The second-order valence-electron chi connectivity index (χ2n) is 7.05. The molecule has 1 amide bonds. The molecule has 0 fully saturated rings. The standard InChI is InChI=1S/C23H25N3O2S/c1-4-25(5-2)13-14-26(23-24-21-16(3)9-8-12-20(21)29-23)22(27)19-15-17-10-6-7-11-18(17)28-19/h6-12,15H,4-5,13-14H2,1-3H3.